The molecule has 0 aliphatic carbocycles. The fraction of sp³-hybridized carbons (Fsp3) is 0.435. The maximum absolute atomic E-state index is 12.1. The van der Waals surface area contributed by atoms with Gasteiger partial charge in [0.25, 0.3) is 5.91 Å². The number of halogens is 1. The van der Waals surface area contributed by atoms with Crippen LogP contribution in [-0.4, -0.2) is 57.4 Å². The van der Waals surface area contributed by atoms with Gasteiger partial charge >= 0.3 is 0 Å². The standard InChI is InChI=1S/C23H29ClN2O4/c1-28-14-11-25-23(27)18-5-8-22(21(24)15-18)30-20-9-12-26(13-10-20)16-17-3-6-19(29-2)7-4-17/h3-8,15,20H,9-14,16H2,1-2H3,(H,25,27). The Morgan fingerprint density at radius 2 is 1.87 bits per heavy atom. The molecule has 7 heteroatoms. The van der Waals surface area contributed by atoms with Crippen molar-refractivity contribution < 1.29 is 19.0 Å². The minimum absolute atomic E-state index is 0.121. The monoisotopic (exact) mass is 432 g/mol. The lowest BCUT2D eigenvalue weighted by molar-refractivity contribution is 0.0935. The number of carbonyl (C=O) groups is 1. The molecule has 0 radical (unpaired) electrons. The van der Waals surface area contributed by atoms with Crippen molar-refractivity contribution in [1.29, 1.82) is 0 Å². The SMILES string of the molecule is COCCNC(=O)c1ccc(OC2CCN(Cc3ccc(OC)cc3)CC2)c(Cl)c1. The number of hydrogen-bond donors (Lipinski definition) is 1. The Morgan fingerprint density at radius 1 is 1.13 bits per heavy atom. The minimum Gasteiger partial charge on any atom is -0.497 e. The average molecular weight is 433 g/mol. The molecule has 6 nitrogen and oxygen atoms in total. The first-order valence-corrected chi connectivity index (χ1v) is 10.6. The van der Waals surface area contributed by atoms with Gasteiger partial charge in [-0.3, -0.25) is 9.69 Å². The molecule has 0 bridgehead atoms. The number of hydrogen-bond acceptors (Lipinski definition) is 5. The number of nitrogens with one attached hydrogen (secondary N) is 1. The summed E-state index contributed by atoms with van der Waals surface area (Å²) in [4.78, 5) is 14.5. The second-order valence-electron chi connectivity index (χ2n) is 7.34. The van der Waals surface area contributed by atoms with Crippen molar-refractivity contribution in [3.63, 3.8) is 0 Å². The number of ether oxygens (including phenoxy) is 3. The third kappa shape index (κ3) is 6.36. The van der Waals surface area contributed by atoms with Gasteiger partial charge in [0.05, 0.1) is 18.7 Å². The van der Waals surface area contributed by atoms with Crippen LogP contribution in [0.2, 0.25) is 5.02 Å². The fourth-order valence-corrected chi connectivity index (χ4v) is 3.69. The van der Waals surface area contributed by atoms with Crippen LogP contribution in [0.5, 0.6) is 11.5 Å². The second-order valence-corrected chi connectivity index (χ2v) is 7.74. The molecule has 0 spiro atoms. The zero-order valence-electron chi connectivity index (χ0n) is 17.5. The van der Waals surface area contributed by atoms with Crippen molar-refractivity contribution in [2.24, 2.45) is 0 Å². The highest BCUT2D eigenvalue weighted by molar-refractivity contribution is 6.32. The summed E-state index contributed by atoms with van der Waals surface area (Å²) >= 11 is 6.36. The van der Waals surface area contributed by atoms with E-state index in [2.05, 4.69) is 22.3 Å². The van der Waals surface area contributed by atoms with E-state index in [-0.39, 0.29) is 12.0 Å². The molecule has 1 amide bonds. The topological polar surface area (TPSA) is 60.0 Å². The van der Waals surface area contributed by atoms with Gasteiger partial charge in [0.1, 0.15) is 17.6 Å². The highest BCUT2D eigenvalue weighted by atomic mass is 35.5. The molecule has 0 aromatic heterocycles. The third-order valence-corrected chi connectivity index (χ3v) is 5.47. The van der Waals surface area contributed by atoms with Crippen LogP contribution >= 0.6 is 11.6 Å². The third-order valence-electron chi connectivity index (χ3n) is 5.18. The van der Waals surface area contributed by atoms with Crippen molar-refractivity contribution in [1.82, 2.24) is 10.2 Å². The van der Waals surface area contributed by atoms with Gasteiger partial charge < -0.3 is 19.5 Å². The van der Waals surface area contributed by atoms with E-state index < -0.39 is 0 Å². The van der Waals surface area contributed by atoms with Crippen LogP contribution in [0.4, 0.5) is 0 Å². The quantitative estimate of drug-likeness (QED) is 0.611. The van der Waals surface area contributed by atoms with Crippen molar-refractivity contribution in [3.8, 4) is 11.5 Å². The largest absolute Gasteiger partial charge is 0.497 e. The van der Waals surface area contributed by atoms with Gasteiger partial charge in [0.15, 0.2) is 0 Å². The molecule has 0 atom stereocenters. The summed E-state index contributed by atoms with van der Waals surface area (Å²) in [6.45, 7) is 3.78. The van der Waals surface area contributed by atoms with E-state index >= 15 is 0 Å². The zero-order chi connectivity index (χ0) is 21.3. The molecule has 3 rings (SSSR count). The van der Waals surface area contributed by atoms with Gasteiger partial charge in [-0.1, -0.05) is 23.7 Å². The molecule has 1 heterocycles. The predicted molar refractivity (Wildman–Crippen MR) is 118 cm³/mol. The van der Waals surface area contributed by atoms with Crippen LogP contribution in [0, 0.1) is 0 Å². The highest BCUT2D eigenvalue weighted by Gasteiger charge is 2.21. The summed E-state index contributed by atoms with van der Waals surface area (Å²) in [5.74, 6) is 1.33. The second kappa shape index (κ2) is 11.2. The van der Waals surface area contributed by atoms with Crippen LogP contribution in [0.25, 0.3) is 0 Å². The summed E-state index contributed by atoms with van der Waals surface area (Å²) in [7, 11) is 3.27. The van der Waals surface area contributed by atoms with E-state index in [4.69, 9.17) is 25.8 Å². The summed E-state index contributed by atoms with van der Waals surface area (Å²) in [5, 5.41) is 3.24. The molecule has 1 saturated heterocycles. The summed E-state index contributed by atoms with van der Waals surface area (Å²) < 4.78 is 16.3. The van der Waals surface area contributed by atoms with Crippen molar-refractivity contribution >= 4 is 17.5 Å². The van der Waals surface area contributed by atoms with Crippen LogP contribution in [-0.2, 0) is 11.3 Å². The Hall–Kier alpha value is -2.28. The smallest absolute Gasteiger partial charge is 0.251 e. The number of rotatable bonds is 9. The number of amides is 1. The number of methoxy groups -OCH3 is 2. The molecular weight excluding hydrogens is 404 g/mol. The minimum atomic E-state index is -0.174. The number of benzene rings is 2. The van der Waals surface area contributed by atoms with Crippen molar-refractivity contribution in [2.75, 3.05) is 40.5 Å². The Kier molecular flexibility index (Phi) is 8.37. The normalized spacial score (nSPS) is 15.0. The van der Waals surface area contributed by atoms with Gasteiger partial charge in [-0.25, -0.2) is 0 Å². The fourth-order valence-electron chi connectivity index (χ4n) is 3.46. The molecule has 1 aliphatic heterocycles. The summed E-state index contributed by atoms with van der Waals surface area (Å²) in [6.07, 6.45) is 1.99. The van der Waals surface area contributed by atoms with E-state index in [0.717, 1.165) is 38.2 Å². The molecule has 162 valence electrons. The number of piperidine rings is 1. The summed E-state index contributed by atoms with van der Waals surface area (Å²) in [5.41, 5.74) is 1.79. The van der Waals surface area contributed by atoms with Crippen LogP contribution < -0.4 is 14.8 Å². The first-order valence-electron chi connectivity index (χ1n) is 10.2. The maximum Gasteiger partial charge on any atom is 0.251 e. The lowest BCUT2D eigenvalue weighted by atomic mass is 10.1. The number of nitrogens with zero attached hydrogens (tertiary/aromatic N) is 1. The molecule has 1 fully saturated rings. The van der Waals surface area contributed by atoms with Crippen LogP contribution in [0.1, 0.15) is 28.8 Å². The number of carbonyl (C=O) groups excluding carboxylic acids is 1. The average Bonchev–Trinajstić information content (AvgIpc) is 2.77. The molecule has 1 N–H and O–H groups in total. The molecule has 1 aliphatic rings. The Balaban J connectivity index is 1.47. The van der Waals surface area contributed by atoms with E-state index in [1.54, 1.807) is 32.4 Å². The van der Waals surface area contributed by atoms with Gasteiger partial charge in [-0.05, 0) is 48.7 Å². The van der Waals surface area contributed by atoms with Gasteiger partial charge in [-0.15, -0.1) is 0 Å². The van der Waals surface area contributed by atoms with E-state index in [0.29, 0.717) is 29.5 Å². The van der Waals surface area contributed by atoms with Crippen LogP contribution in [0.3, 0.4) is 0 Å². The van der Waals surface area contributed by atoms with Gasteiger partial charge in [0.2, 0.25) is 0 Å². The predicted octanol–water partition coefficient (Wildman–Crippen LogP) is 3.77. The number of likely N-dealkylation sites (tertiary alicyclic amines) is 1. The first kappa shape index (κ1) is 22.4. The van der Waals surface area contributed by atoms with Gasteiger partial charge in [0, 0.05) is 38.9 Å². The van der Waals surface area contributed by atoms with E-state index in [1.165, 1.54) is 5.56 Å². The summed E-state index contributed by atoms with van der Waals surface area (Å²) in [6, 6.07) is 13.4. The van der Waals surface area contributed by atoms with Crippen molar-refractivity contribution in [2.45, 2.75) is 25.5 Å². The Morgan fingerprint density at radius 3 is 2.50 bits per heavy atom. The molecule has 2 aromatic rings. The molecule has 0 unspecified atom stereocenters. The maximum atomic E-state index is 12.1. The lowest BCUT2D eigenvalue weighted by Gasteiger charge is -2.32. The highest BCUT2D eigenvalue weighted by Crippen LogP contribution is 2.29. The zero-order valence-corrected chi connectivity index (χ0v) is 18.3. The Bertz CT molecular complexity index is 820. The van der Waals surface area contributed by atoms with Crippen molar-refractivity contribution in [3.05, 3.63) is 58.6 Å². The Labute approximate surface area is 183 Å². The van der Waals surface area contributed by atoms with Crippen LogP contribution in [0.15, 0.2) is 42.5 Å². The molecule has 0 saturated carbocycles. The first-order chi connectivity index (χ1) is 14.6. The molecule has 30 heavy (non-hydrogen) atoms. The van der Waals surface area contributed by atoms with Gasteiger partial charge in [-0.2, -0.15) is 0 Å². The lowest BCUT2D eigenvalue weighted by Crippen LogP contribution is -2.37. The van der Waals surface area contributed by atoms with E-state index in [1.807, 2.05) is 12.1 Å². The van der Waals surface area contributed by atoms with E-state index in [9.17, 15) is 4.79 Å². The molecular formula is C23H29ClN2O4. The molecule has 2 aromatic carbocycles.